The minimum Gasteiger partial charge on any atom is -0.435 e. The maximum Gasteiger partial charge on any atom is 0.387 e. The number of benzene rings is 1. The largest absolute Gasteiger partial charge is 0.435 e. The molecule has 1 amide bonds. The monoisotopic (exact) mass is 341 g/mol. The fraction of sp³-hybridized carbons (Fsp3) is 0.200. The summed E-state index contributed by atoms with van der Waals surface area (Å²) < 4.78 is 29.8. The van der Waals surface area contributed by atoms with E-state index in [1.165, 1.54) is 35.0 Å². The van der Waals surface area contributed by atoms with Crippen molar-refractivity contribution < 1.29 is 18.3 Å². The van der Waals surface area contributed by atoms with Crippen molar-refractivity contribution in [1.82, 2.24) is 9.78 Å². The molecule has 2 aromatic rings. The summed E-state index contributed by atoms with van der Waals surface area (Å²) in [5.74, 6) is -0.363. The summed E-state index contributed by atoms with van der Waals surface area (Å²) in [5.41, 5.74) is 1.82. The van der Waals surface area contributed by atoms with Crippen molar-refractivity contribution in [3.8, 4) is 5.75 Å². The molecule has 23 heavy (non-hydrogen) atoms. The number of ether oxygens (including phenoxy) is 1. The fourth-order valence-corrected chi connectivity index (χ4v) is 2.14. The predicted molar refractivity (Wildman–Crippen MR) is 83.7 cm³/mol. The van der Waals surface area contributed by atoms with Gasteiger partial charge in [-0.2, -0.15) is 13.9 Å². The van der Waals surface area contributed by atoms with Gasteiger partial charge in [0.05, 0.1) is 5.69 Å². The average molecular weight is 342 g/mol. The van der Waals surface area contributed by atoms with Crippen molar-refractivity contribution in [3.05, 3.63) is 46.8 Å². The van der Waals surface area contributed by atoms with Crippen LogP contribution in [0.2, 0.25) is 5.15 Å². The second kappa shape index (κ2) is 7.23. The van der Waals surface area contributed by atoms with Gasteiger partial charge in [-0.1, -0.05) is 11.6 Å². The molecule has 0 saturated heterocycles. The number of carbonyl (C=O) groups excluding carboxylic acids is 1. The van der Waals surface area contributed by atoms with Gasteiger partial charge in [-0.3, -0.25) is 9.48 Å². The number of alkyl halides is 2. The molecule has 0 bridgehead atoms. The van der Waals surface area contributed by atoms with Crippen LogP contribution in [0.25, 0.3) is 6.08 Å². The summed E-state index contributed by atoms with van der Waals surface area (Å²) in [4.78, 5) is 11.9. The Morgan fingerprint density at radius 3 is 2.57 bits per heavy atom. The minimum atomic E-state index is -2.88. The third kappa shape index (κ3) is 4.53. The molecule has 0 radical (unpaired) electrons. The Morgan fingerprint density at radius 1 is 1.39 bits per heavy atom. The highest BCUT2D eigenvalue weighted by Crippen LogP contribution is 2.20. The molecular formula is C15H14ClF2N3O2. The number of aryl methyl sites for hydroxylation is 2. The number of carbonyl (C=O) groups is 1. The molecule has 0 fully saturated rings. The molecule has 1 aromatic heterocycles. The number of aromatic nitrogens is 2. The lowest BCUT2D eigenvalue weighted by Crippen LogP contribution is -2.08. The van der Waals surface area contributed by atoms with Crippen molar-refractivity contribution in [2.24, 2.45) is 7.05 Å². The summed E-state index contributed by atoms with van der Waals surface area (Å²) in [6.45, 7) is -1.10. The highest BCUT2D eigenvalue weighted by atomic mass is 35.5. The van der Waals surface area contributed by atoms with Crippen LogP contribution in [-0.2, 0) is 11.8 Å². The van der Waals surface area contributed by atoms with Gasteiger partial charge in [-0.15, -0.1) is 0 Å². The first-order chi connectivity index (χ1) is 10.9. The Labute approximate surface area is 136 Å². The molecule has 0 saturated carbocycles. The van der Waals surface area contributed by atoms with Crippen molar-refractivity contribution in [1.29, 1.82) is 0 Å². The van der Waals surface area contributed by atoms with E-state index in [2.05, 4.69) is 15.2 Å². The van der Waals surface area contributed by atoms with E-state index in [4.69, 9.17) is 11.6 Å². The van der Waals surface area contributed by atoms with Gasteiger partial charge in [0.15, 0.2) is 0 Å². The molecule has 8 heteroatoms. The van der Waals surface area contributed by atoms with E-state index in [-0.39, 0.29) is 11.7 Å². The van der Waals surface area contributed by atoms with Crippen molar-refractivity contribution in [2.75, 3.05) is 5.32 Å². The molecule has 122 valence electrons. The van der Waals surface area contributed by atoms with Gasteiger partial charge in [0.25, 0.3) is 0 Å². The topological polar surface area (TPSA) is 56.2 Å². The molecule has 0 aliphatic rings. The van der Waals surface area contributed by atoms with Gasteiger partial charge >= 0.3 is 6.61 Å². The number of hydrogen-bond donors (Lipinski definition) is 1. The first kappa shape index (κ1) is 17.0. The van der Waals surface area contributed by atoms with Gasteiger partial charge in [0.2, 0.25) is 5.91 Å². The van der Waals surface area contributed by atoms with E-state index in [0.717, 1.165) is 0 Å². The molecule has 0 spiro atoms. The molecule has 0 aliphatic heterocycles. The van der Waals surface area contributed by atoms with E-state index >= 15 is 0 Å². The normalized spacial score (nSPS) is 11.2. The highest BCUT2D eigenvalue weighted by molar-refractivity contribution is 6.31. The Hall–Kier alpha value is -2.41. The van der Waals surface area contributed by atoms with E-state index in [9.17, 15) is 13.6 Å². The van der Waals surface area contributed by atoms with Crippen LogP contribution in [0.3, 0.4) is 0 Å². The second-order valence-electron chi connectivity index (χ2n) is 4.64. The molecule has 5 nitrogen and oxygen atoms in total. The highest BCUT2D eigenvalue weighted by Gasteiger charge is 2.09. The van der Waals surface area contributed by atoms with E-state index in [1.807, 2.05) is 0 Å². The SMILES string of the molecule is Cc1nn(C)c(Cl)c1/C=C/C(=O)Nc1ccc(OC(F)F)cc1. The third-order valence-corrected chi connectivity index (χ3v) is 3.39. The summed E-state index contributed by atoms with van der Waals surface area (Å²) in [6.07, 6.45) is 2.88. The van der Waals surface area contributed by atoms with Gasteiger partial charge in [0, 0.05) is 24.4 Å². The zero-order valence-electron chi connectivity index (χ0n) is 12.4. The molecule has 1 heterocycles. The maximum atomic E-state index is 12.0. The smallest absolute Gasteiger partial charge is 0.387 e. The lowest BCUT2D eigenvalue weighted by Gasteiger charge is -2.06. The summed E-state index contributed by atoms with van der Waals surface area (Å²) in [5, 5.41) is 7.16. The average Bonchev–Trinajstić information content (AvgIpc) is 2.72. The third-order valence-electron chi connectivity index (χ3n) is 2.94. The van der Waals surface area contributed by atoms with Crippen LogP contribution in [0.1, 0.15) is 11.3 Å². The first-order valence-electron chi connectivity index (χ1n) is 6.60. The van der Waals surface area contributed by atoms with E-state index in [0.29, 0.717) is 22.1 Å². The number of nitrogens with one attached hydrogen (secondary N) is 1. The fourth-order valence-electron chi connectivity index (χ4n) is 1.90. The van der Waals surface area contributed by atoms with Gasteiger partial charge < -0.3 is 10.1 Å². The van der Waals surface area contributed by atoms with Gasteiger partial charge in [0.1, 0.15) is 10.9 Å². The summed E-state index contributed by atoms with van der Waals surface area (Å²) in [7, 11) is 1.70. The van der Waals surface area contributed by atoms with Crippen LogP contribution in [-0.4, -0.2) is 22.3 Å². The number of hydrogen-bond acceptors (Lipinski definition) is 3. The quantitative estimate of drug-likeness (QED) is 0.845. The molecule has 1 aromatic carbocycles. The molecule has 2 rings (SSSR count). The number of halogens is 3. The van der Waals surface area contributed by atoms with Crippen molar-refractivity contribution in [2.45, 2.75) is 13.5 Å². The molecule has 0 unspecified atom stereocenters. The van der Waals surface area contributed by atoms with Crippen LogP contribution in [0.15, 0.2) is 30.3 Å². The zero-order valence-corrected chi connectivity index (χ0v) is 13.1. The minimum absolute atomic E-state index is 0.0197. The number of anilines is 1. The lowest BCUT2D eigenvalue weighted by molar-refractivity contribution is -0.111. The Balaban J connectivity index is 2.00. The number of amides is 1. The van der Waals surface area contributed by atoms with Gasteiger partial charge in [-0.25, -0.2) is 0 Å². The predicted octanol–water partition coefficient (Wildman–Crippen LogP) is 3.64. The Morgan fingerprint density at radius 2 is 2.04 bits per heavy atom. The van der Waals surface area contributed by atoms with Crippen LogP contribution >= 0.6 is 11.6 Å². The second-order valence-corrected chi connectivity index (χ2v) is 5.00. The molecule has 0 atom stereocenters. The first-order valence-corrected chi connectivity index (χ1v) is 6.97. The number of rotatable bonds is 5. The van der Waals surface area contributed by atoms with Crippen LogP contribution in [0.5, 0.6) is 5.75 Å². The van der Waals surface area contributed by atoms with Crippen LogP contribution in [0.4, 0.5) is 14.5 Å². The van der Waals surface area contributed by atoms with Crippen LogP contribution in [0, 0.1) is 6.92 Å². The van der Waals surface area contributed by atoms with Crippen LogP contribution < -0.4 is 10.1 Å². The molecule has 1 N–H and O–H groups in total. The standard InChI is InChI=1S/C15H14ClF2N3O2/c1-9-12(14(16)21(2)20-9)7-8-13(22)19-10-3-5-11(6-4-10)23-15(17)18/h3-8,15H,1-2H3,(H,19,22)/b8-7+. The summed E-state index contributed by atoms with van der Waals surface area (Å²) >= 11 is 6.06. The zero-order chi connectivity index (χ0) is 17.0. The molecule has 0 aliphatic carbocycles. The maximum absolute atomic E-state index is 12.0. The summed E-state index contributed by atoms with van der Waals surface area (Å²) in [6, 6.07) is 5.61. The van der Waals surface area contributed by atoms with E-state index < -0.39 is 6.61 Å². The van der Waals surface area contributed by atoms with E-state index in [1.54, 1.807) is 20.0 Å². The van der Waals surface area contributed by atoms with Crippen molar-refractivity contribution in [3.63, 3.8) is 0 Å². The van der Waals surface area contributed by atoms with Crippen molar-refractivity contribution >= 4 is 29.3 Å². The Bertz CT molecular complexity index is 727. The lowest BCUT2D eigenvalue weighted by atomic mass is 10.2. The Kier molecular flexibility index (Phi) is 5.33. The molecular weight excluding hydrogens is 328 g/mol. The van der Waals surface area contributed by atoms with Gasteiger partial charge in [-0.05, 0) is 37.3 Å². The number of nitrogens with zero attached hydrogens (tertiary/aromatic N) is 2.